The molecule has 1 saturated heterocycles. The predicted molar refractivity (Wildman–Crippen MR) is 128 cm³/mol. The number of hydrogen-bond acceptors (Lipinski definition) is 6. The monoisotopic (exact) mass is 454 g/mol. The van der Waals surface area contributed by atoms with E-state index in [2.05, 4.69) is 44.9 Å². The van der Waals surface area contributed by atoms with E-state index < -0.39 is 11.3 Å². The average Bonchev–Trinajstić information content (AvgIpc) is 2.86. The SMILES string of the molecule is N#CCC(Cc1ccc(C#Cc2ccc(CN3CCOCC3)cc2)cc1)c1nc[nH]c(=O)c1O. The van der Waals surface area contributed by atoms with Crippen LogP contribution in [0.3, 0.4) is 0 Å². The zero-order chi connectivity index (χ0) is 23.8. The number of aromatic nitrogens is 2. The molecule has 7 nitrogen and oxygen atoms in total. The lowest BCUT2D eigenvalue weighted by Gasteiger charge is -2.26. The average molecular weight is 455 g/mol. The topological polar surface area (TPSA) is 102 Å². The van der Waals surface area contributed by atoms with Crippen molar-refractivity contribution in [3.63, 3.8) is 0 Å². The van der Waals surface area contributed by atoms with Gasteiger partial charge in [0, 0.05) is 43.1 Å². The Bertz CT molecular complexity index is 1260. The fraction of sp³-hybridized carbons (Fsp3) is 0.296. The van der Waals surface area contributed by atoms with Crippen LogP contribution in [0.25, 0.3) is 0 Å². The molecule has 2 aromatic carbocycles. The van der Waals surface area contributed by atoms with E-state index >= 15 is 0 Å². The number of morpholine rings is 1. The number of aromatic hydroxyl groups is 1. The number of H-pyrrole nitrogens is 1. The van der Waals surface area contributed by atoms with Crippen LogP contribution in [-0.4, -0.2) is 46.3 Å². The lowest BCUT2D eigenvalue weighted by Crippen LogP contribution is -2.35. The number of nitrogens with zero attached hydrogens (tertiary/aromatic N) is 3. The zero-order valence-electron chi connectivity index (χ0n) is 18.8. The molecule has 0 saturated carbocycles. The first-order valence-electron chi connectivity index (χ1n) is 11.3. The molecule has 2 N–H and O–H groups in total. The van der Waals surface area contributed by atoms with Gasteiger partial charge in [0.05, 0.1) is 31.3 Å². The highest BCUT2D eigenvalue weighted by molar-refractivity contribution is 5.44. The van der Waals surface area contributed by atoms with Gasteiger partial charge in [0.1, 0.15) is 0 Å². The Morgan fingerprint density at radius 3 is 2.26 bits per heavy atom. The second-order valence-corrected chi connectivity index (χ2v) is 8.26. The van der Waals surface area contributed by atoms with Crippen LogP contribution >= 0.6 is 0 Å². The molecule has 0 bridgehead atoms. The molecule has 1 atom stereocenters. The third kappa shape index (κ3) is 6.11. The van der Waals surface area contributed by atoms with E-state index in [0.717, 1.165) is 49.5 Å². The standard InChI is InChI=1S/C27H26N4O3/c28-12-11-24(25-26(32)27(33)30-19-29-25)17-22-7-3-20(4-8-22)1-2-21-5-9-23(10-6-21)18-31-13-15-34-16-14-31/h3-10,19,24,32H,11,13-18H2,(H,29,30,33). The van der Waals surface area contributed by atoms with Gasteiger partial charge in [-0.3, -0.25) is 9.69 Å². The van der Waals surface area contributed by atoms with E-state index in [9.17, 15) is 15.2 Å². The maximum absolute atomic E-state index is 11.7. The van der Waals surface area contributed by atoms with Crippen LogP contribution in [0.1, 0.15) is 40.3 Å². The summed E-state index contributed by atoms with van der Waals surface area (Å²) in [6, 6.07) is 18.2. The predicted octanol–water partition coefficient (Wildman–Crippen LogP) is 2.95. The Hall–Kier alpha value is -3.91. The summed E-state index contributed by atoms with van der Waals surface area (Å²) in [5, 5.41) is 19.2. The summed E-state index contributed by atoms with van der Waals surface area (Å²) in [5.74, 6) is 5.59. The summed E-state index contributed by atoms with van der Waals surface area (Å²) in [7, 11) is 0. The number of rotatable bonds is 6. The van der Waals surface area contributed by atoms with Crippen LogP contribution in [0.15, 0.2) is 59.7 Å². The quantitative estimate of drug-likeness (QED) is 0.555. The van der Waals surface area contributed by atoms with Gasteiger partial charge in [-0.1, -0.05) is 36.1 Å². The first-order valence-corrected chi connectivity index (χ1v) is 11.3. The maximum Gasteiger partial charge on any atom is 0.293 e. The Labute approximate surface area is 198 Å². The minimum atomic E-state index is -0.604. The number of aromatic amines is 1. The van der Waals surface area contributed by atoms with Crippen molar-refractivity contribution in [2.75, 3.05) is 26.3 Å². The molecule has 1 aliphatic rings. The number of nitriles is 1. The Kier molecular flexibility index (Phi) is 7.72. The Balaban J connectivity index is 1.39. The minimum Gasteiger partial charge on any atom is -0.502 e. The number of ether oxygens (including phenoxy) is 1. The largest absolute Gasteiger partial charge is 0.502 e. The Morgan fingerprint density at radius 1 is 1.03 bits per heavy atom. The molecule has 2 heterocycles. The fourth-order valence-corrected chi connectivity index (χ4v) is 3.94. The van der Waals surface area contributed by atoms with Crippen molar-refractivity contribution < 1.29 is 9.84 Å². The van der Waals surface area contributed by atoms with Crippen LogP contribution in [0, 0.1) is 23.2 Å². The van der Waals surface area contributed by atoms with Gasteiger partial charge in [0.15, 0.2) is 0 Å². The van der Waals surface area contributed by atoms with Gasteiger partial charge in [-0.15, -0.1) is 0 Å². The summed E-state index contributed by atoms with van der Waals surface area (Å²) >= 11 is 0. The molecule has 172 valence electrons. The summed E-state index contributed by atoms with van der Waals surface area (Å²) in [5.41, 5.74) is 3.72. The van der Waals surface area contributed by atoms with E-state index in [0.29, 0.717) is 6.42 Å². The van der Waals surface area contributed by atoms with Crippen molar-refractivity contribution in [2.24, 2.45) is 0 Å². The first kappa shape index (κ1) is 23.3. The normalized spacial score (nSPS) is 14.6. The summed E-state index contributed by atoms with van der Waals surface area (Å²) < 4.78 is 5.40. The third-order valence-corrected chi connectivity index (χ3v) is 5.83. The van der Waals surface area contributed by atoms with Crippen LogP contribution in [0.4, 0.5) is 0 Å². The molecule has 1 fully saturated rings. The molecule has 4 rings (SSSR count). The minimum absolute atomic E-state index is 0.146. The van der Waals surface area contributed by atoms with Crippen molar-refractivity contribution >= 4 is 0 Å². The van der Waals surface area contributed by atoms with Crippen molar-refractivity contribution in [3.8, 4) is 23.7 Å². The van der Waals surface area contributed by atoms with Gasteiger partial charge >= 0.3 is 0 Å². The third-order valence-electron chi connectivity index (χ3n) is 5.83. The first-order chi connectivity index (χ1) is 16.6. The van der Waals surface area contributed by atoms with Crippen LogP contribution in [0.5, 0.6) is 5.75 Å². The molecule has 0 spiro atoms. The molecular formula is C27H26N4O3. The van der Waals surface area contributed by atoms with Gasteiger partial charge in [0.2, 0.25) is 5.75 Å². The van der Waals surface area contributed by atoms with Crippen molar-refractivity contribution in [3.05, 3.63) is 93.2 Å². The van der Waals surface area contributed by atoms with Crippen molar-refractivity contribution in [2.45, 2.75) is 25.3 Å². The van der Waals surface area contributed by atoms with E-state index in [-0.39, 0.29) is 18.0 Å². The molecule has 7 heteroatoms. The van der Waals surface area contributed by atoms with Gasteiger partial charge in [-0.2, -0.15) is 5.26 Å². The number of hydrogen-bond donors (Lipinski definition) is 2. The highest BCUT2D eigenvalue weighted by Gasteiger charge is 2.19. The van der Waals surface area contributed by atoms with Gasteiger partial charge in [-0.25, -0.2) is 4.98 Å². The van der Waals surface area contributed by atoms with Gasteiger partial charge in [0.25, 0.3) is 5.56 Å². The van der Waals surface area contributed by atoms with Crippen molar-refractivity contribution in [1.82, 2.24) is 14.9 Å². The molecule has 1 aliphatic heterocycles. The lowest BCUT2D eigenvalue weighted by atomic mass is 9.92. The lowest BCUT2D eigenvalue weighted by molar-refractivity contribution is 0.0342. The van der Waals surface area contributed by atoms with Crippen LogP contribution in [-0.2, 0) is 17.7 Å². The van der Waals surface area contributed by atoms with Gasteiger partial charge < -0.3 is 14.8 Å². The number of benzene rings is 2. The summed E-state index contributed by atoms with van der Waals surface area (Å²) in [4.78, 5) is 20.5. The fourth-order valence-electron chi connectivity index (χ4n) is 3.94. The second-order valence-electron chi connectivity index (χ2n) is 8.26. The van der Waals surface area contributed by atoms with E-state index in [1.54, 1.807) is 0 Å². The molecule has 1 aromatic heterocycles. The van der Waals surface area contributed by atoms with Crippen molar-refractivity contribution in [1.29, 1.82) is 5.26 Å². The van der Waals surface area contributed by atoms with E-state index in [1.165, 1.54) is 11.9 Å². The van der Waals surface area contributed by atoms with E-state index in [1.807, 2.05) is 36.4 Å². The molecule has 1 unspecified atom stereocenters. The molecule has 34 heavy (non-hydrogen) atoms. The molecule has 0 aliphatic carbocycles. The molecule has 0 radical (unpaired) electrons. The van der Waals surface area contributed by atoms with E-state index in [4.69, 9.17) is 4.74 Å². The second kappa shape index (κ2) is 11.3. The number of nitrogens with one attached hydrogen (secondary N) is 1. The zero-order valence-corrected chi connectivity index (χ0v) is 18.8. The smallest absolute Gasteiger partial charge is 0.293 e. The molecule has 0 amide bonds. The summed E-state index contributed by atoms with van der Waals surface area (Å²) in [6.07, 6.45) is 1.87. The van der Waals surface area contributed by atoms with Crippen LogP contribution < -0.4 is 5.56 Å². The maximum atomic E-state index is 11.7. The highest BCUT2D eigenvalue weighted by atomic mass is 16.5. The highest BCUT2D eigenvalue weighted by Crippen LogP contribution is 2.26. The van der Waals surface area contributed by atoms with Crippen LogP contribution in [0.2, 0.25) is 0 Å². The summed E-state index contributed by atoms with van der Waals surface area (Å²) in [6.45, 7) is 4.46. The van der Waals surface area contributed by atoms with Gasteiger partial charge in [-0.05, 0) is 41.8 Å². The molecular weight excluding hydrogens is 428 g/mol. The Morgan fingerprint density at radius 2 is 1.65 bits per heavy atom. The molecule has 3 aromatic rings.